The van der Waals surface area contributed by atoms with Gasteiger partial charge in [0.1, 0.15) is 4.64 Å². The van der Waals surface area contributed by atoms with E-state index in [-0.39, 0.29) is 0 Å². The zero-order valence-electron chi connectivity index (χ0n) is 11.4. The Morgan fingerprint density at radius 3 is 2.68 bits per heavy atom. The maximum absolute atomic E-state index is 5.23. The summed E-state index contributed by atoms with van der Waals surface area (Å²) in [6, 6.07) is 8.80. The maximum Gasteiger partial charge on any atom is 0.122 e. The van der Waals surface area contributed by atoms with Crippen LogP contribution in [0.4, 0.5) is 0 Å². The highest BCUT2D eigenvalue weighted by molar-refractivity contribution is 7.71. The molecule has 1 aromatic heterocycles. The van der Waals surface area contributed by atoms with Crippen molar-refractivity contribution < 1.29 is 0 Å². The lowest BCUT2D eigenvalue weighted by Gasteiger charge is -2.26. The van der Waals surface area contributed by atoms with Gasteiger partial charge in [-0.25, -0.2) is 0 Å². The molecule has 1 saturated carbocycles. The number of aromatic nitrogens is 2. The second-order valence-corrected chi connectivity index (χ2v) is 5.81. The average molecular weight is 270 g/mol. The first-order valence-corrected chi connectivity index (χ1v) is 7.24. The van der Waals surface area contributed by atoms with Crippen molar-refractivity contribution in [2.45, 2.75) is 39.0 Å². The van der Waals surface area contributed by atoms with Gasteiger partial charge in [-0.1, -0.05) is 36.8 Å². The summed E-state index contributed by atoms with van der Waals surface area (Å²) in [6.45, 7) is 4.15. The molecule has 0 radical (unpaired) electrons. The Balaban J connectivity index is 2.07. The highest BCUT2D eigenvalue weighted by atomic mass is 32.1. The molecule has 0 saturated heterocycles. The lowest BCUT2D eigenvalue weighted by Crippen LogP contribution is -2.08. The predicted molar refractivity (Wildman–Crippen MR) is 80.9 cm³/mol. The van der Waals surface area contributed by atoms with Gasteiger partial charge in [0.05, 0.1) is 5.69 Å². The molecule has 1 fully saturated rings. The van der Waals surface area contributed by atoms with Crippen LogP contribution in [0.5, 0.6) is 0 Å². The van der Waals surface area contributed by atoms with Gasteiger partial charge in [0.25, 0.3) is 0 Å². The highest BCUT2D eigenvalue weighted by Gasteiger charge is 2.20. The normalized spacial score (nSPS) is 15.3. The minimum atomic E-state index is 0.733. The van der Waals surface area contributed by atoms with Crippen molar-refractivity contribution in [3.63, 3.8) is 0 Å². The highest BCUT2D eigenvalue weighted by Crippen LogP contribution is 2.37. The van der Waals surface area contributed by atoms with Crippen molar-refractivity contribution in [2.24, 2.45) is 0 Å². The first-order valence-electron chi connectivity index (χ1n) is 6.83. The number of rotatable bonds is 2. The average Bonchev–Trinajstić information content (AvgIpc) is 2.34. The monoisotopic (exact) mass is 270 g/mol. The fourth-order valence-corrected chi connectivity index (χ4v) is 2.78. The van der Waals surface area contributed by atoms with Crippen molar-refractivity contribution in [1.82, 2.24) is 10.2 Å². The van der Waals surface area contributed by atoms with Crippen molar-refractivity contribution in [2.75, 3.05) is 0 Å². The van der Waals surface area contributed by atoms with E-state index in [0.717, 1.165) is 21.8 Å². The minimum Gasteiger partial charge on any atom is -0.267 e. The van der Waals surface area contributed by atoms with Gasteiger partial charge < -0.3 is 0 Å². The fourth-order valence-electron chi connectivity index (χ4n) is 2.58. The third-order valence-electron chi connectivity index (χ3n) is 4.26. The summed E-state index contributed by atoms with van der Waals surface area (Å²) in [5, 5.41) is 7.37. The molecule has 0 unspecified atom stereocenters. The zero-order chi connectivity index (χ0) is 13.4. The van der Waals surface area contributed by atoms with E-state index < -0.39 is 0 Å². The largest absolute Gasteiger partial charge is 0.267 e. The van der Waals surface area contributed by atoms with Gasteiger partial charge in [0.2, 0.25) is 0 Å². The number of hydrogen-bond donors (Lipinski definition) is 1. The first-order chi connectivity index (χ1) is 9.16. The van der Waals surface area contributed by atoms with Crippen LogP contribution in [-0.4, -0.2) is 10.2 Å². The van der Waals surface area contributed by atoms with E-state index in [9.17, 15) is 0 Å². The van der Waals surface area contributed by atoms with Crippen LogP contribution < -0.4 is 0 Å². The Labute approximate surface area is 118 Å². The molecule has 1 aliphatic rings. The van der Waals surface area contributed by atoms with Gasteiger partial charge in [-0.05, 0) is 55.4 Å². The van der Waals surface area contributed by atoms with Crippen LogP contribution in [0, 0.1) is 18.5 Å². The number of H-pyrrole nitrogens is 1. The molecule has 19 heavy (non-hydrogen) atoms. The molecule has 3 rings (SSSR count). The topological polar surface area (TPSA) is 28.7 Å². The number of benzene rings is 1. The molecular formula is C16H18N2S. The molecule has 0 aliphatic heterocycles. The van der Waals surface area contributed by atoms with Crippen molar-refractivity contribution >= 4 is 12.2 Å². The Morgan fingerprint density at radius 2 is 2.00 bits per heavy atom. The third kappa shape index (κ3) is 2.23. The van der Waals surface area contributed by atoms with Crippen LogP contribution in [0.3, 0.4) is 0 Å². The number of hydrogen-bond acceptors (Lipinski definition) is 2. The Morgan fingerprint density at radius 1 is 1.21 bits per heavy atom. The van der Waals surface area contributed by atoms with Crippen molar-refractivity contribution in [3.05, 3.63) is 45.6 Å². The molecule has 1 aliphatic carbocycles. The van der Waals surface area contributed by atoms with E-state index >= 15 is 0 Å². The number of nitrogens with zero attached hydrogens (tertiary/aromatic N) is 1. The van der Waals surface area contributed by atoms with Gasteiger partial charge in [-0.2, -0.15) is 5.10 Å². The molecular weight excluding hydrogens is 252 g/mol. The van der Waals surface area contributed by atoms with E-state index in [1.165, 1.54) is 36.0 Å². The maximum atomic E-state index is 5.23. The van der Waals surface area contributed by atoms with Gasteiger partial charge in [0.15, 0.2) is 0 Å². The number of aromatic amines is 1. The molecule has 3 heteroatoms. The molecule has 2 aromatic rings. The summed E-state index contributed by atoms with van der Waals surface area (Å²) in [4.78, 5) is 0. The Bertz CT molecular complexity index is 669. The van der Waals surface area contributed by atoms with Crippen molar-refractivity contribution in [1.29, 1.82) is 0 Å². The molecule has 0 amide bonds. The van der Waals surface area contributed by atoms with Gasteiger partial charge in [-0.15, -0.1) is 0 Å². The van der Waals surface area contributed by atoms with Crippen molar-refractivity contribution in [3.8, 4) is 11.3 Å². The summed E-state index contributed by atoms with van der Waals surface area (Å²) >= 11 is 5.23. The van der Waals surface area contributed by atoms with E-state index in [1.807, 2.05) is 0 Å². The summed E-state index contributed by atoms with van der Waals surface area (Å²) in [6.07, 6.45) is 4.02. The van der Waals surface area contributed by atoms with E-state index in [2.05, 4.69) is 48.3 Å². The molecule has 1 aromatic carbocycles. The summed E-state index contributed by atoms with van der Waals surface area (Å²) in [7, 11) is 0. The van der Waals surface area contributed by atoms with E-state index in [0.29, 0.717) is 0 Å². The van der Waals surface area contributed by atoms with Crippen LogP contribution in [0.15, 0.2) is 24.3 Å². The molecule has 2 nitrogen and oxygen atoms in total. The molecule has 1 N–H and O–H groups in total. The number of nitrogens with one attached hydrogen (secondary N) is 1. The molecule has 0 spiro atoms. The van der Waals surface area contributed by atoms with Gasteiger partial charge in [0, 0.05) is 5.56 Å². The Kier molecular flexibility index (Phi) is 3.23. The molecule has 0 atom stereocenters. The van der Waals surface area contributed by atoms with Crippen LogP contribution >= 0.6 is 12.2 Å². The quantitative estimate of drug-likeness (QED) is 0.802. The lowest BCUT2D eigenvalue weighted by molar-refractivity contribution is 0.420. The first kappa shape index (κ1) is 12.5. The molecule has 0 bridgehead atoms. The van der Waals surface area contributed by atoms with Crippen LogP contribution in [0.25, 0.3) is 11.3 Å². The second-order valence-electron chi connectivity index (χ2n) is 5.40. The Hall–Kier alpha value is -1.48. The van der Waals surface area contributed by atoms with Crippen LogP contribution in [0.2, 0.25) is 0 Å². The summed E-state index contributed by atoms with van der Waals surface area (Å²) < 4.78 is 0.733. The lowest BCUT2D eigenvalue weighted by atomic mass is 9.79. The zero-order valence-corrected chi connectivity index (χ0v) is 12.2. The minimum absolute atomic E-state index is 0.733. The van der Waals surface area contributed by atoms with Gasteiger partial charge >= 0.3 is 0 Å². The summed E-state index contributed by atoms with van der Waals surface area (Å²) in [5.41, 5.74) is 5.96. The van der Waals surface area contributed by atoms with E-state index in [1.54, 1.807) is 0 Å². The predicted octanol–water partition coefficient (Wildman–Crippen LogP) is 4.69. The van der Waals surface area contributed by atoms with Crippen LogP contribution in [0.1, 0.15) is 41.9 Å². The van der Waals surface area contributed by atoms with Gasteiger partial charge in [-0.3, -0.25) is 5.10 Å². The second kappa shape index (κ2) is 4.89. The smallest absolute Gasteiger partial charge is 0.122 e. The van der Waals surface area contributed by atoms with Crippen LogP contribution in [-0.2, 0) is 0 Å². The third-order valence-corrected chi connectivity index (χ3v) is 4.66. The SMILES string of the molecule is Cc1c(-c2cccc(C3CCC3)c2)n[nH]c(=S)c1C. The summed E-state index contributed by atoms with van der Waals surface area (Å²) in [5.74, 6) is 0.753. The standard InChI is InChI=1S/C16H18N2S/c1-10-11(2)16(19)18-17-15(10)14-8-4-7-13(9-14)12-5-3-6-12/h4,7-9,12H,3,5-6H2,1-2H3,(H,18,19). The fraction of sp³-hybridized carbons (Fsp3) is 0.375. The van der Waals surface area contributed by atoms with E-state index in [4.69, 9.17) is 12.2 Å². The molecule has 98 valence electrons. The molecule has 1 heterocycles.